The molecule has 0 aliphatic rings. The number of hydrogen-bond donors (Lipinski definition) is 2. The number of aliphatic carboxylic acids is 2. The molecule has 0 saturated carbocycles. The lowest BCUT2D eigenvalue weighted by Gasteiger charge is -2.20. The van der Waals surface area contributed by atoms with Crippen LogP contribution in [0.5, 0.6) is 0 Å². The molecule has 0 saturated heterocycles. The Morgan fingerprint density at radius 3 is 2.27 bits per heavy atom. The fourth-order valence-corrected chi connectivity index (χ4v) is 0.596. The van der Waals surface area contributed by atoms with Crippen LogP contribution in [-0.4, -0.2) is 33.7 Å². The Bertz CT molecular complexity index is 295. The van der Waals surface area contributed by atoms with E-state index in [1.54, 1.807) is 0 Å². The van der Waals surface area contributed by atoms with Crippen molar-refractivity contribution in [3.8, 4) is 0 Å². The van der Waals surface area contributed by atoms with Crippen molar-refractivity contribution in [3.05, 3.63) is 12.7 Å². The SMILES string of the molecule is C=CC(=O)OOC(C)(CC(=O)O)C(=O)O. The molecule has 1 atom stereocenters. The highest BCUT2D eigenvalue weighted by atomic mass is 17.2. The lowest BCUT2D eigenvalue weighted by Crippen LogP contribution is -2.41. The van der Waals surface area contributed by atoms with E-state index in [4.69, 9.17) is 10.2 Å². The van der Waals surface area contributed by atoms with Crippen molar-refractivity contribution in [1.29, 1.82) is 0 Å². The van der Waals surface area contributed by atoms with E-state index in [-0.39, 0.29) is 0 Å². The molecule has 0 fully saturated rings. The van der Waals surface area contributed by atoms with Crippen LogP contribution in [0.25, 0.3) is 0 Å². The second-order valence-electron chi connectivity index (χ2n) is 2.80. The summed E-state index contributed by atoms with van der Waals surface area (Å²) in [5.41, 5.74) is -2.12. The average Bonchev–Trinajstić information content (AvgIpc) is 2.12. The molecule has 0 amide bonds. The minimum atomic E-state index is -2.12. The van der Waals surface area contributed by atoms with Crippen molar-refractivity contribution in [2.24, 2.45) is 0 Å². The zero-order chi connectivity index (χ0) is 12.1. The summed E-state index contributed by atoms with van der Waals surface area (Å²) >= 11 is 0. The number of carboxylic acids is 2. The van der Waals surface area contributed by atoms with Crippen LogP contribution in [0.3, 0.4) is 0 Å². The van der Waals surface area contributed by atoms with E-state index in [0.717, 1.165) is 13.0 Å². The Morgan fingerprint density at radius 2 is 1.93 bits per heavy atom. The summed E-state index contributed by atoms with van der Waals surface area (Å²) < 4.78 is 0. The molecule has 15 heavy (non-hydrogen) atoms. The van der Waals surface area contributed by atoms with Gasteiger partial charge in [-0.05, 0) is 6.92 Å². The molecule has 7 heteroatoms. The van der Waals surface area contributed by atoms with Crippen molar-refractivity contribution in [3.63, 3.8) is 0 Å². The summed E-state index contributed by atoms with van der Waals surface area (Å²) in [4.78, 5) is 39.8. The van der Waals surface area contributed by atoms with Gasteiger partial charge in [0.05, 0.1) is 6.42 Å². The predicted molar refractivity (Wildman–Crippen MR) is 45.7 cm³/mol. The van der Waals surface area contributed by atoms with Crippen molar-refractivity contribution in [2.45, 2.75) is 18.9 Å². The van der Waals surface area contributed by atoms with E-state index >= 15 is 0 Å². The largest absolute Gasteiger partial charge is 0.481 e. The van der Waals surface area contributed by atoms with Crippen LogP contribution in [0.2, 0.25) is 0 Å². The molecule has 0 aliphatic heterocycles. The van der Waals surface area contributed by atoms with Gasteiger partial charge in [0, 0.05) is 6.08 Å². The van der Waals surface area contributed by atoms with E-state index in [2.05, 4.69) is 16.4 Å². The summed E-state index contributed by atoms with van der Waals surface area (Å²) in [6.45, 7) is 4.02. The Morgan fingerprint density at radius 1 is 1.40 bits per heavy atom. The molecule has 0 radical (unpaired) electrons. The van der Waals surface area contributed by atoms with Gasteiger partial charge in [-0.1, -0.05) is 6.58 Å². The van der Waals surface area contributed by atoms with E-state index < -0.39 is 29.9 Å². The van der Waals surface area contributed by atoms with Crippen molar-refractivity contribution in [1.82, 2.24) is 0 Å². The third-order valence-electron chi connectivity index (χ3n) is 1.42. The Balaban J connectivity index is 4.51. The van der Waals surface area contributed by atoms with Crippen molar-refractivity contribution < 1.29 is 34.4 Å². The van der Waals surface area contributed by atoms with Gasteiger partial charge < -0.3 is 10.2 Å². The van der Waals surface area contributed by atoms with Crippen LogP contribution in [0.4, 0.5) is 0 Å². The van der Waals surface area contributed by atoms with Crippen LogP contribution in [0.1, 0.15) is 13.3 Å². The molecule has 0 aromatic rings. The van der Waals surface area contributed by atoms with Crippen molar-refractivity contribution in [2.75, 3.05) is 0 Å². The highest BCUT2D eigenvalue weighted by Gasteiger charge is 2.40. The second-order valence-corrected chi connectivity index (χ2v) is 2.80. The maximum absolute atomic E-state index is 10.7. The zero-order valence-corrected chi connectivity index (χ0v) is 7.93. The minimum absolute atomic E-state index is 0.753. The first-order valence-corrected chi connectivity index (χ1v) is 3.79. The molecule has 0 heterocycles. The lowest BCUT2D eigenvalue weighted by molar-refractivity contribution is -0.320. The molecular weight excluding hydrogens is 208 g/mol. The topological polar surface area (TPSA) is 110 Å². The summed E-state index contributed by atoms with van der Waals surface area (Å²) in [5.74, 6) is -3.95. The third-order valence-corrected chi connectivity index (χ3v) is 1.42. The minimum Gasteiger partial charge on any atom is -0.481 e. The number of rotatable bonds is 6. The summed E-state index contributed by atoms with van der Waals surface area (Å²) in [6, 6.07) is 0. The molecule has 0 aromatic carbocycles. The quantitative estimate of drug-likeness (QED) is 0.365. The molecule has 0 aromatic heterocycles. The van der Waals surface area contributed by atoms with Gasteiger partial charge in [0.25, 0.3) is 0 Å². The summed E-state index contributed by atoms with van der Waals surface area (Å²) in [7, 11) is 0. The first-order valence-electron chi connectivity index (χ1n) is 3.79. The van der Waals surface area contributed by atoms with Crippen LogP contribution in [0, 0.1) is 0 Å². The maximum Gasteiger partial charge on any atom is 0.365 e. The van der Waals surface area contributed by atoms with Crippen LogP contribution < -0.4 is 0 Å². The lowest BCUT2D eigenvalue weighted by atomic mass is 10.0. The number of carbonyl (C=O) groups is 3. The highest BCUT2D eigenvalue weighted by molar-refractivity contribution is 5.84. The van der Waals surface area contributed by atoms with E-state index in [0.29, 0.717) is 0 Å². The first kappa shape index (κ1) is 13.1. The van der Waals surface area contributed by atoms with E-state index in [1.807, 2.05) is 0 Å². The van der Waals surface area contributed by atoms with Gasteiger partial charge in [-0.15, -0.1) is 0 Å². The van der Waals surface area contributed by atoms with Gasteiger partial charge in [0.15, 0.2) is 0 Å². The molecule has 7 nitrogen and oxygen atoms in total. The predicted octanol–water partition coefficient (Wildman–Crippen LogP) is -0.0348. The summed E-state index contributed by atoms with van der Waals surface area (Å²) in [5, 5.41) is 17.1. The smallest absolute Gasteiger partial charge is 0.365 e. The zero-order valence-electron chi connectivity index (χ0n) is 7.93. The fraction of sp³-hybridized carbons (Fsp3) is 0.375. The van der Waals surface area contributed by atoms with Crippen molar-refractivity contribution >= 4 is 17.9 Å². The van der Waals surface area contributed by atoms with E-state index in [9.17, 15) is 14.4 Å². The second kappa shape index (κ2) is 5.11. The molecule has 0 rings (SSSR count). The van der Waals surface area contributed by atoms with Crippen LogP contribution >= 0.6 is 0 Å². The average molecular weight is 218 g/mol. The molecule has 1 unspecified atom stereocenters. The van der Waals surface area contributed by atoms with Gasteiger partial charge >= 0.3 is 17.9 Å². The standard InChI is InChI=1S/C8H10O7/c1-3-6(11)14-15-8(2,7(12)13)4-5(9)10/h3H,1,4H2,2H3,(H,9,10)(H,12,13). The van der Waals surface area contributed by atoms with Gasteiger partial charge in [0.2, 0.25) is 5.60 Å². The number of hydrogen-bond acceptors (Lipinski definition) is 5. The first-order chi connectivity index (χ1) is 6.81. The Labute approximate surface area is 84.8 Å². The molecule has 0 bridgehead atoms. The van der Waals surface area contributed by atoms with Crippen LogP contribution in [0.15, 0.2) is 12.7 Å². The van der Waals surface area contributed by atoms with Gasteiger partial charge in [-0.2, -0.15) is 4.89 Å². The normalized spacial score (nSPS) is 13.7. The monoisotopic (exact) mass is 218 g/mol. The Hall–Kier alpha value is -1.89. The number of carbonyl (C=O) groups excluding carboxylic acids is 1. The third kappa shape index (κ3) is 4.23. The van der Waals surface area contributed by atoms with Gasteiger partial charge in [-0.3, -0.25) is 9.68 Å². The van der Waals surface area contributed by atoms with E-state index in [1.165, 1.54) is 0 Å². The number of carboxylic acid groups (broad SMARTS) is 2. The Kier molecular flexibility index (Phi) is 4.46. The fourth-order valence-electron chi connectivity index (χ4n) is 0.596. The maximum atomic E-state index is 10.7. The highest BCUT2D eigenvalue weighted by Crippen LogP contribution is 2.16. The molecule has 0 spiro atoms. The molecule has 2 N–H and O–H groups in total. The molecule has 84 valence electrons. The van der Waals surface area contributed by atoms with Gasteiger partial charge in [-0.25, -0.2) is 9.59 Å². The van der Waals surface area contributed by atoms with Crippen LogP contribution in [-0.2, 0) is 24.2 Å². The van der Waals surface area contributed by atoms with Gasteiger partial charge in [0.1, 0.15) is 0 Å². The molecule has 0 aliphatic carbocycles. The summed E-state index contributed by atoms with van der Waals surface area (Å²) in [6.07, 6.45) is -0.0875. The molecular formula is C8H10O7.